The number of rotatable bonds is 2. The van der Waals surface area contributed by atoms with Crippen LogP contribution in [0.2, 0.25) is 0 Å². The van der Waals surface area contributed by atoms with E-state index < -0.39 is 0 Å². The minimum absolute atomic E-state index is 0.544. The highest BCUT2D eigenvalue weighted by atomic mass is 14.5. The van der Waals surface area contributed by atoms with Gasteiger partial charge in [-0.05, 0) is 29.6 Å². The highest BCUT2D eigenvalue weighted by Crippen LogP contribution is 2.53. The topological polar surface area (TPSA) is 0 Å². The summed E-state index contributed by atoms with van der Waals surface area (Å²) >= 11 is 0. The molecule has 0 heteroatoms. The van der Waals surface area contributed by atoms with Crippen molar-refractivity contribution in [2.75, 3.05) is 0 Å². The van der Waals surface area contributed by atoms with Crippen molar-refractivity contribution in [1.82, 2.24) is 0 Å². The molecule has 3 atom stereocenters. The molecule has 0 spiro atoms. The molecular weight excluding hydrogens is 132 g/mol. The average Bonchev–Trinajstić information content (AvgIpc) is 2.38. The summed E-state index contributed by atoms with van der Waals surface area (Å²) in [5.41, 5.74) is 0.544. The first-order valence-corrected chi connectivity index (χ1v) is 4.95. The summed E-state index contributed by atoms with van der Waals surface area (Å²) in [5.74, 6) is 3.11. The van der Waals surface area contributed by atoms with E-state index in [4.69, 9.17) is 0 Å². The van der Waals surface area contributed by atoms with Gasteiger partial charge in [0, 0.05) is 0 Å². The third-order valence-electron chi connectivity index (χ3n) is 3.08. The van der Waals surface area contributed by atoms with Crippen LogP contribution in [0.5, 0.6) is 0 Å². The zero-order valence-electron chi connectivity index (χ0n) is 8.65. The van der Waals surface area contributed by atoms with Crippen LogP contribution in [0.25, 0.3) is 0 Å². The molecule has 1 fully saturated rings. The van der Waals surface area contributed by atoms with E-state index in [9.17, 15) is 0 Å². The summed E-state index contributed by atoms with van der Waals surface area (Å²) in [4.78, 5) is 0. The maximum absolute atomic E-state index is 2.41. The van der Waals surface area contributed by atoms with E-state index in [1.165, 1.54) is 12.8 Å². The molecule has 0 bridgehead atoms. The molecule has 1 aliphatic carbocycles. The molecule has 66 valence electrons. The lowest BCUT2D eigenvalue weighted by molar-refractivity contribution is 0.338. The molecule has 0 aromatic rings. The maximum atomic E-state index is 2.41. The molecule has 0 radical (unpaired) electrons. The third-order valence-corrected chi connectivity index (χ3v) is 3.08. The Bertz CT molecular complexity index is 129. The van der Waals surface area contributed by atoms with Crippen LogP contribution in [0.4, 0.5) is 0 Å². The fourth-order valence-electron chi connectivity index (χ4n) is 2.36. The highest BCUT2D eigenvalue weighted by molar-refractivity contribution is 4.94. The Morgan fingerprint density at radius 2 is 1.64 bits per heavy atom. The van der Waals surface area contributed by atoms with E-state index >= 15 is 0 Å². The lowest BCUT2D eigenvalue weighted by atomic mass is 9.88. The van der Waals surface area contributed by atoms with Crippen LogP contribution in [0.3, 0.4) is 0 Å². The Kier molecular flexibility index (Phi) is 2.32. The molecule has 0 amide bonds. The first-order valence-electron chi connectivity index (χ1n) is 4.95. The first kappa shape index (κ1) is 9.09. The van der Waals surface area contributed by atoms with E-state index in [0.29, 0.717) is 5.41 Å². The fraction of sp³-hybridized carbons (Fsp3) is 1.00. The van der Waals surface area contributed by atoms with Gasteiger partial charge in [0.25, 0.3) is 0 Å². The first-order chi connectivity index (χ1) is 4.95. The van der Waals surface area contributed by atoms with Crippen molar-refractivity contribution in [3.8, 4) is 0 Å². The molecule has 1 rings (SSSR count). The van der Waals surface area contributed by atoms with Crippen molar-refractivity contribution < 1.29 is 0 Å². The van der Waals surface area contributed by atoms with Gasteiger partial charge in [-0.2, -0.15) is 0 Å². The highest BCUT2D eigenvalue weighted by Gasteiger charge is 2.45. The Hall–Kier alpha value is 0. The van der Waals surface area contributed by atoms with Crippen molar-refractivity contribution in [3.63, 3.8) is 0 Å². The van der Waals surface area contributed by atoms with Crippen LogP contribution in [0.1, 0.15) is 47.5 Å². The van der Waals surface area contributed by atoms with Gasteiger partial charge in [-0.3, -0.25) is 0 Å². The molecular formula is C11H22. The SMILES string of the molecule is CCC1C(C)C1CC(C)(C)C. The molecule has 11 heavy (non-hydrogen) atoms. The Morgan fingerprint density at radius 1 is 1.09 bits per heavy atom. The fourth-order valence-corrected chi connectivity index (χ4v) is 2.36. The second-order valence-corrected chi connectivity index (χ2v) is 5.36. The van der Waals surface area contributed by atoms with Gasteiger partial charge in [0.05, 0.1) is 0 Å². The van der Waals surface area contributed by atoms with Crippen LogP contribution in [-0.2, 0) is 0 Å². The number of hydrogen-bond acceptors (Lipinski definition) is 0. The Balaban J connectivity index is 2.31. The zero-order chi connectivity index (χ0) is 8.65. The lowest BCUT2D eigenvalue weighted by Gasteiger charge is -2.17. The van der Waals surface area contributed by atoms with Crippen LogP contribution in [-0.4, -0.2) is 0 Å². The summed E-state index contributed by atoms with van der Waals surface area (Å²) < 4.78 is 0. The molecule has 0 aliphatic heterocycles. The molecule has 0 N–H and O–H groups in total. The largest absolute Gasteiger partial charge is 0.0651 e. The lowest BCUT2D eigenvalue weighted by Crippen LogP contribution is -2.06. The van der Waals surface area contributed by atoms with Crippen molar-refractivity contribution in [2.45, 2.75) is 47.5 Å². The van der Waals surface area contributed by atoms with E-state index in [-0.39, 0.29) is 0 Å². The van der Waals surface area contributed by atoms with Crippen LogP contribution < -0.4 is 0 Å². The van der Waals surface area contributed by atoms with E-state index in [2.05, 4.69) is 34.6 Å². The summed E-state index contributed by atoms with van der Waals surface area (Å²) in [5, 5.41) is 0. The van der Waals surface area contributed by atoms with E-state index in [1.807, 2.05) is 0 Å². The molecule has 3 unspecified atom stereocenters. The van der Waals surface area contributed by atoms with Gasteiger partial charge in [0.2, 0.25) is 0 Å². The van der Waals surface area contributed by atoms with E-state index in [0.717, 1.165) is 17.8 Å². The molecule has 0 aromatic carbocycles. The Morgan fingerprint density at radius 3 is 1.91 bits per heavy atom. The van der Waals surface area contributed by atoms with Gasteiger partial charge in [-0.1, -0.05) is 41.0 Å². The molecule has 1 saturated carbocycles. The minimum atomic E-state index is 0.544. The minimum Gasteiger partial charge on any atom is -0.0651 e. The Labute approximate surface area is 71.4 Å². The molecule has 0 aromatic heterocycles. The van der Waals surface area contributed by atoms with Crippen molar-refractivity contribution >= 4 is 0 Å². The second-order valence-electron chi connectivity index (χ2n) is 5.36. The summed E-state index contributed by atoms with van der Waals surface area (Å²) in [6, 6.07) is 0. The van der Waals surface area contributed by atoms with E-state index in [1.54, 1.807) is 0 Å². The van der Waals surface area contributed by atoms with Gasteiger partial charge in [0.1, 0.15) is 0 Å². The summed E-state index contributed by atoms with van der Waals surface area (Å²) in [6.45, 7) is 11.8. The van der Waals surface area contributed by atoms with Gasteiger partial charge in [-0.15, -0.1) is 0 Å². The summed E-state index contributed by atoms with van der Waals surface area (Å²) in [6.07, 6.45) is 2.81. The van der Waals surface area contributed by atoms with Crippen molar-refractivity contribution in [1.29, 1.82) is 0 Å². The quantitative estimate of drug-likeness (QED) is 0.568. The normalized spacial score (nSPS) is 37.4. The smallest absolute Gasteiger partial charge is 0.0350 e. The molecule has 1 aliphatic rings. The molecule has 0 heterocycles. The second kappa shape index (κ2) is 2.80. The molecule has 0 saturated heterocycles. The predicted octanol–water partition coefficient (Wildman–Crippen LogP) is 3.71. The van der Waals surface area contributed by atoms with Crippen LogP contribution >= 0.6 is 0 Å². The maximum Gasteiger partial charge on any atom is -0.0350 e. The van der Waals surface area contributed by atoms with Crippen molar-refractivity contribution in [3.05, 3.63) is 0 Å². The molecule has 0 nitrogen and oxygen atoms in total. The zero-order valence-corrected chi connectivity index (χ0v) is 8.65. The van der Waals surface area contributed by atoms with Crippen LogP contribution in [0, 0.1) is 23.2 Å². The van der Waals surface area contributed by atoms with Gasteiger partial charge in [-0.25, -0.2) is 0 Å². The summed E-state index contributed by atoms with van der Waals surface area (Å²) in [7, 11) is 0. The number of hydrogen-bond donors (Lipinski definition) is 0. The van der Waals surface area contributed by atoms with Crippen molar-refractivity contribution in [2.24, 2.45) is 23.2 Å². The van der Waals surface area contributed by atoms with Gasteiger partial charge in [0.15, 0.2) is 0 Å². The van der Waals surface area contributed by atoms with Crippen LogP contribution in [0.15, 0.2) is 0 Å². The standard InChI is InChI=1S/C11H22/c1-6-9-8(2)10(9)7-11(3,4)5/h8-10H,6-7H2,1-5H3. The predicted molar refractivity (Wildman–Crippen MR) is 50.5 cm³/mol. The van der Waals surface area contributed by atoms with Gasteiger partial charge >= 0.3 is 0 Å². The monoisotopic (exact) mass is 154 g/mol. The third kappa shape index (κ3) is 2.21. The average molecular weight is 154 g/mol. The van der Waals surface area contributed by atoms with Gasteiger partial charge < -0.3 is 0 Å².